The number of nitrogens with one attached hydrogen (secondary N) is 2. The fraction of sp³-hybridized carbons (Fsp3) is 0.333. The molecule has 2 amide bonds. The highest BCUT2D eigenvalue weighted by Crippen LogP contribution is 2.35. The number of methoxy groups -OCH3 is 2. The number of thiophene rings is 1. The van der Waals surface area contributed by atoms with E-state index in [4.69, 9.17) is 18.9 Å². The number of hydrogen-bond donors (Lipinski definition) is 2. The molecule has 254 valence electrons. The van der Waals surface area contributed by atoms with Gasteiger partial charge in [0.15, 0.2) is 22.5 Å². The number of ether oxygens (including phenoxy) is 4. The number of hydrogen-bond acceptors (Lipinski definition) is 12. The van der Waals surface area contributed by atoms with Crippen LogP contribution in [0.15, 0.2) is 53.7 Å². The van der Waals surface area contributed by atoms with Crippen molar-refractivity contribution >= 4 is 51.9 Å². The zero-order valence-electron chi connectivity index (χ0n) is 27.3. The number of aromatic nitrogens is 3. The maximum Gasteiger partial charge on any atom is 0.348 e. The average Bonchev–Trinajstić information content (AvgIpc) is 3.64. The number of thioether (sulfide) groups is 1. The largest absolute Gasteiger partial charge is 0.493 e. The maximum atomic E-state index is 13.2. The van der Waals surface area contributed by atoms with Gasteiger partial charge in [-0.3, -0.25) is 9.59 Å². The molecule has 2 aromatic heterocycles. The van der Waals surface area contributed by atoms with E-state index in [-0.39, 0.29) is 46.9 Å². The predicted octanol–water partition coefficient (Wildman–Crippen LogP) is 4.92. The average molecular weight is 696 g/mol. The third-order valence-electron chi connectivity index (χ3n) is 6.99. The van der Waals surface area contributed by atoms with Gasteiger partial charge in [0.25, 0.3) is 5.91 Å². The van der Waals surface area contributed by atoms with E-state index in [1.807, 2.05) is 34.9 Å². The first kappa shape index (κ1) is 36.0. The van der Waals surface area contributed by atoms with Gasteiger partial charge in [-0.15, -0.1) is 21.5 Å². The maximum absolute atomic E-state index is 13.2. The quantitative estimate of drug-likeness (QED) is 0.121. The third kappa shape index (κ3) is 8.92. The van der Waals surface area contributed by atoms with Gasteiger partial charge in [0, 0.05) is 12.1 Å². The van der Waals surface area contributed by atoms with Crippen molar-refractivity contribution in [3.63, 3.8) is 0 Å². The van der Waals surface area contributed by atoms with Crippen molar-refractivity contribution in [2.24, 2.45) is 0 Å². The van der Waals surface area contributed by atoms with Crippen molar-refractivity contribution in [3.8, 4) is 11.5 Å². The molecule has 0 aliphatic carbocycles. The molecule has 0 radical (unpaired) electrons. The Morgan fingerprint density at radius 2 is 1.62 bits per heavy atom. The fourth-order valence-corrected chi connectivity index (χ4v) is 6.53. The summed E-state index contributed by atoms with van der Waals surface area (Å²) < 4.78 is 22.7. The SMILES string of the molecule is CCOC(=O)c1sc(NC(=O)CSc2nnc(CNC(=O)c3ccc(OC)c(OC)c3)n2CCc2ccccc2)c(C(=O)OCC)c1C. The monoisotopic (exact) mass is 695 g/mol. The third-order valence-corrected chi connectivity index (χ3v) is 9.14. The predicted molar refractivity (Wildman–Crippen MR) is 181 cm³/mol. The Labute approximate surface area is 286 Å². The van der Waals surface area contributed by atoms with Crippen molar-refractivity contribution in [1.29, 1.82) is 0 Å². The van der Waals surface area contributed by atoms with Crippen LogP contribution in [0.2, 0.25) is 0 Å². The van der Waals surface area contributed by atoms with Gasteiger partial charge < -0.3 is 34.1 Å². The molecular weight excluding hydrogens is 659 g/mol. The van der Waals surface area contributed by atoms with Gasteiger partial charge in [0.05, 0.1) is 45.3 Å². The lowest BCUT2D eigenvalue weighted by Crippen LogP contribution is -2.25. The molecule has 0 aliphatic heterocycles. The van der Waals surface area contributed by atoms with Gasteiger partial charge in [-0.05, 0) is 56.5 Å². The number of benzene rings is 2. The Morgan fingerprint density at radius 1 is 0.917 bits per heavy atom. The minimum Gasteiger partial charge on any atom is -0.493 e. The molecule has 4 rings (SSSR count). The molecule has 13 nitrogen and oxygen atoms in total. The zero-order chi connectivity index (χ0) is 34.6. The summed E-state index contributed by atoms with van der Waals surface area (Å²) in [7, 11) is 3.01. The van der Waals surface area contributed by atoms with Gasteiger partial charge in [0.2, 0.25) is 5.91 Å². The number of rotatable bonds is 16. The van der Waals surface area contributed by atoms with Gasteiger partial charge in [-0.25, -0.2) is 9.59 Å². The molecule has 2 aromatic carbocycles. The number of carbonyl (C=O) groups excluding carboxylic acids is 4. The van der Waals surface area contributed by atoms with Gasteiger partial charge in [0.1, 0.15) is 9.88 Å². The van der Waals surface area contributed by atoms with Crippen LogP contribution in [0.5, 0.6) is 11.5 Å². The number of anilines is 1. The van der Waals surface area contributed by atoms with Crippen LogP contribution in [-0.2, 0) is 33.8 Å². The van der Waals surface area contributed by atoms with E-state index < -0.39 is 17.8 Å². The smallest absolute Gasteiger partial charge is 0.348 e. The van der Waals surface area contributed by atoms with Crippen LogP contribution in [0.1, 0.15) is 61.2 Å². The van der Waals surface area contributed by atoms with E-state index in [2.05, 4.69) is 20.8 Å². The number of nitrogens with zero attached hydrogens (tertiary/aromatic N) is 3. The lowest BCUT2D eigenvalue weighted by molar-refractivity contribution is -0.113. The van der Waals surface area contributed by atoms with E-state index in [0.29, 0.717) is 46.6 Å². The second-order valence-corrected chi connectivity index (χ2v) is 12.0. The van der Waals surface area contributed by atoms with Crippen molar-refractivity contribution in [1.82, 2.24) is 20.1 Å². The van der Waals surface area contributed by atoms with Crippen LogP contribution in [-0.4, -0.2) is 71.7 Å². The van der Waals surface area contributed by atoms with E-state index in [1.54, 1.807) is 39.0 Å². The number of esters is 2. The van der Waals surface area contributed by atoms with Crippen molar-refractivity contribution in [3.05, 3.63) is 81.5 Å². The molecule has 0 aliphatic rings. The molecule has 2 heterocycles. The van der Waals surface area contributed by atoms with Crippen LogP contribution < -0.4 is 20.1 Å². The van der Waals surface area contributed by atoms with E-state index in [9.17, 15) is 19.2 Å². The molecule has 0 saturated carbocycles. The van der Waals surface area contributed by atoms with Crippen LogP contribution in [0.4, 0.5) is 5.00 Å². The molecule has 0 spiro atoms. The van der Waals surface area contributed by atoms with Crippen LogP contribution >= 0.6 is 23.1 Å². The first-order valence-corrected chi connectivity index (χ1v) is 16.9. The molecule has 15 heteroatoms. The lowest BCUT2D eigenvalue weighted by Gasteiger charge is -2.12. The first-order valence-electron chi connectivity index (χ1n) is 15.1. The Balaban J connectivity index is 1.50. The van der Waals surface area contributed by atoms with Crippen LogP contribution in [0, 0.1) is 6.92 Å². The molecule has 0 saturated heterocycles. The molecule has 0 unspecified atom stereocenters. The second kappa shape index (κ2) is 17.3. The lowest BCUT2D eigenvalue weighted by atomic mass is 10.1. The summed E-state index contributed by atoms with van der Waals surface area (Å²) in [5.74, 6) is -0.641. The molecule has 48 heavy (non-hydrogen) atoms. The standard InChI is InChI=1S/C33H37N5O8S2/c1-6-45-31(41)27-20(3)28(32(42)46-7-2)48-30(27)35-26(39)19-47-33-37-36-25(38(33)16-15-21-11-9-8-10-12-21)18-34-29(40)22-13-14-23(43-4)24(17-22)44-5/h8-14,17H,6-7,15-16,18-19H2,1-5H3,(H,34,40)(H,35,39). The highest BCUT2D eigenvalue weighted by atomic mass is 32.2. The van der Waals surface area contributed by atoms with Gasteiger partial charge >= 0.3 is 11.9 Å². The number of aryl methyl sites for hydroxylation is 1. The first-order chi connectivity index (χ1) is 23.2. The molecule has 2 N–H and O–H groups in total. The second-order valence-electron chi connectivity index (χ2n) is 10.1. The highest BCUT2D eigenvalue weighted by Gasteiger charge is 2.27. The summed E-state index contributed by atoms with van der Waals surface area (Å²) >= 11 is 2.11. The van der Waals surface area contributed by atoms with E-state index >= 15 is 0 Å². The molecular formula is C33H37N5O8S2. The summed E-state index contributed by atoms with van der Waals surface area (Å²) in [5.41, 5.74) is 1.96. The molecule has 0 fully saturated rings. The summed E-state index contributed by atoms with van der Waals surface area (Å²) in [5, 5.41) is 14.9. The minimum absolute atomic E-state index is 0.0740. The summed E-state index contributed by atoms with van der Waals surface area (Å²) in [6.45, 7) is 5.82. The number of amides is 2. The number of carbonyl (C=O) groups is 4. The molecule has 4 aromatic rings. The van der Waals surface area contributed by atoms with Gasteiger partial charge in [-0.2, -0.15) is 0 Å². The fourth-order valence-electron chi connectivity index (χ4n) is 4.64. The van der Waals surface area contributed by atoms with Crippen molar-refractivity contribution < 1.29 is 38.1 Å². The summed E-state index contributed by atoms with van der Waals surface area (Å²) in [6.07, 6.45) is 0.656. The van der Waals surface area contributed by atoms with Crippen molar-refractivity contribution in [2.45, 2.75) is 45.4 Å². The van der Waals surface area contributed by atoms with Crippen LogP contribution in [0.25, 0.3) is 0 Å². The van der Waals surface area contributed by atoms with Gasteiger partial charge in [-0.1, -0.05) is 42.1 Å². The van der Waals surface area contributed by atoms with Crippen molar-refractivity contribution in [2.75, 3.05) is 38.5 Å². The summed E-state index contributed by atoms with van der Waals surface area (Å²) in [4.78, 5) is 51.7. The Kier molecular flexibility index (Phi) is 13.0. The Hall–Kier alpha value is -4.89. The molecule has 0 atom stereocenters. The Bertz CT molecular complexity index is 1760. The summed E-state index contributed by atoms with van der Waals surface area (Å²) in [6, 6.07) is 14.7. The normalized spacial score (nSPS) is 10.7. The Morgan fingerprint density at radius 3 is 2.31 bits per heavy atom. The van der Waals surface area contributed by atoms with Crippen LogP contribution in [0.3, 0.4) is 0 Å². The van der Waals surface area contributed by atoms with E-state index in [1.165, 1.54) is 14.2 Å². The highest BCUT2D eigenvalue weighted by molar-refractivity contribution is 7.99. The topological polar surface area (TPSA) is 160 Å². The zero-order valence-corrected chi connectivity index (χ0v) is 28.9. The molecule has 0 bridgehead atoms. The minimum atomic E-state index is -0.648. The van der Waals surface area contributed by atoms with E-state index in [0.717, 1.165) is 28.7 Å².